The summed E-state index contributed by atoms with van der Waals surface area (Å²) in [6.07, 6.45) is 2.66. The molecule has 0 unspecified atom stereocenters. The van der Waals surface area contributed by atoms with Crippen LogP contribution in [0.25, 0.3) is 10.2 Å². The van der Waals surface area contributed by atoms with Gasteiger partial charge in [0.05, 0.1) is 15.9 Å². The van der Waals surface area contributed by atoms with Crippen molar-refractivity contribution in [2.45, 2.75) is 24.6 Å². The zero-order valence-electron chi connectivity index (χ0n) is 12.5. The number of hydrogen-bond acceptors (Lipinski definition) is 6. The van der Waals surface area contributed by atoms with E-state index in [1.165, 1.54) is 0 Å². The molecule has 2 heterocycles. The van der Waals surface area contributed by atoms with Crippen LogP contribution in [0.3, 0.4) is 0 Å². The van der Waals surface area contributed by atoms with E-state index in [1.54, 1.807) is 30.0 Å². The Morgan fingerprint density at radius 3 is 3.00 bits per heavy atom. The molecular formula is C15H15N3O2S2. The first-order valence-corrected chi connectivity index (χ1v) is 8.87. The average Bonchev–Trinajstić information content (AvgIpc) is 3.09. The quantitative estimate of drug-likeness (QED) is 0.727. The summed E-state index contributed by atoms with van der Waals surface area (Å²) in [7, 11) is 0. The normalized spacial score (nSPS) is 11.0. The molecule has 5 nitrogen and oxygen atoms in total. The van der Waals surface area contributed by atoms with Gasteiger partial charge in [0.15, 0.2) is 4.34 Å². The summed E-state index contributed by atoms with van der Waals surface area (Å²) < 4.78 is 7.18. The summed E-state index contributed by atoms with van der Waals surface area (Å²) in [5.74, 6) is 0.349. The molecule has 3 rings (SSSR count). The molecule has 0 aliphatic carbocycles. The Morgan fingerprint density at radius 1 is 1.45 bits per heavy atom. The number of carbonyl (C=O) groups excluding carboxylic acids is 1. The van der Waals surface area contributed by atoms with E-state index in [4.69, 9.17) is 4.52 Å². The minimum atomic E-state index is -0.190. The fraction of sp³-hybridized carbons (Fsp3) is 0.267. The zero-order valence-corrected chi connectivity index (χ0v) is 14.1. The first-order chi connectivity index (χ1) is 10.6. The number of amides is 1. The predicted molar refractivity (Wildman–Crippen MR) is 90.0 cm³/mol. The fourth-order valence-electron chi connectivity index (χ4n) is 2.21. The van der Waals surface area contributed by atoms with Crippen LogP contribution < -0.4 is 5.32 Å². The number of thiazole rings is 1. The van der Waals surface area contributed by atoms with Crippen LogP contribution in [-0.2, 0) is 6.42 Å². The molecule has 0 aliphatic rings. The van der Waals surface area contributed by atoms with Crippen LogP contribution in [-0.4, -0.2) is 22.3 Å². The third-order valence-corrected chi connectivity index (χ3v) is 5.30. The molecule has 0 radical (unpaired) electrons. The highest BCUT2D eigenvalue weighted by Gasteiger charge is 2.19. The van der Waals surface area contributed by atoms with Crippen LogP contribution in [0.5, 0.6) is 0 Å². The van der Waals surface area contributed by atoms with Gasteiger partial charge in [-0.15, -0.1) is 11.3 Å². The molecule has 22 heavy (non-hydrogen) atoms. The summed E-state index contributed by atoms with van der Waals surface area (Å²) in [4.78, 5) is 16.9. The Labute approximate surface area is 136 Å². The highest BCUT2D eigenvalue weighted by Crippen LogP contribution is 2.30. The van der Waals surface area contributed by atoms with Gasteiger partial charge in [0.2, 0.25) is 0 Å². The van der Waals surface area contributed by atoms with Gasteiger partial charge in [-0.1, -0.05) is 23.8 Å². The van der Waals surface area contributed by atoms with Crippen molar-refractivity contribution in [2.24, 2.45) is 0 Å². The standard InChI is InChI=1S/C15H15N3O2S2/c1-4-10-13(8(2)20-18-10)14(19)16-9-5-6-11-12(7-9)22-15(17-11)21-3/h5-7H,4H2,1-3H3,(H,16,19). The number of rotatable bonds is 4. The maximum Gasteiger partial charge on any atom is 0.261 e. The third-order valence-electron chi connectivity index (χ3n) is 3.30. The molecule has 0 fully saturated rings. The van der Waals surface area contributed by atoms with Crippen molar-refractivity contribution >= 4 is 44.9 Å². The van der Waals surface area contributed by atoms with Crippen LogP contribution in [0, 0.1) is 6.92 Å². The zero-order chi connectivity index (χ0) is 15.7. The number of anilines is 1. The number of carbonyl (C=O) groups is 1. The lowest BCUT2D eigenvalue weighted by Crippen LogP contribution is -2.14. The van der Waals surface area contributed by atoms with E-state index in [9.17, 15) is 4.79 Å². The van der Waals surface area contributed by atoms with E-state index in [-0.39, 0.29) is 5.91 Å². The number of aryl methyl sites for hydroxylation is 2. The molecule has 114 valence electrons. The summed E-state index contributed by atoms with van der Waals surface area (Å²) >= 11 is 3.24. The third kappa shape index (κ3) is 2.74. The monoisotopic (exact) mass is 333 g/mol. The van der Waals surface area contributed by atoms with E-state index in [0.29, 0.717) is 23.4 Å². The second kappa shape index (κ2) is 6.10. The number of nitrogens with zero attached hydrogens (tertiary/aromatic N) is 2. The lowest BCUT2D eigenvalue weighted by Gasteiger charge is -2.05. The second-order valence-electron chi connectivity index (χ2n) is 4.73. The van der Waals surface area contributed by atoms with E-state index in [1.807, 2.05) is 31.4 Å². The van der Waals surface area contributed by atoms with Crippen molar-refractivity contribution in [3.05, 3.63) is 35.2 Å². The van der Waals surface area contributed by atoms with Crippen LogP contribution in [0.4, 0.5) is 5.69 Å². The van der Waals surface area contributed by atoms with Crippen molar-refractivity contribution < 1.29 is 9.32 Å². The van der Waals surface area contributed by atoms with E-state index < -0.39 is 0 Å². The average molecular weight is 333 g/mol. The molecule has 1 N–H and O–H groups in total. The maximum absolute atomic E-state index is 12.4. The van der Waals surface area contributed by atoms with Crippen molar-refractivity contribution in [2.75, 3.05) is 11.6 Å². The second-order valence-corrected chi connectivity index (χ2v) is 6.82. The molecule has 0 saturated heterocycles. The van der Waals surface area contributed by atoms with Gasteiger partial charge < -0.3 is 9.84 Å². The number of thioether (sulfide) groups is 1. The van der Waals surface area contributed by atoms with Crippen molar-refractivity contribution in [3.63, 3.8) is 0 Å². The Bertz CT molecular complexity index is 839. The number of hydrogen-bond donors (Lipinski definition) is 1. The van der Waals surface area contributed by atoms with Crippen LogP contribution in [0.2, 0.25) is 0 Å². The van der Waals surface area contributed by atoms with Gasteiger partial charge in [-0.05, 0) is 37.8 Å². The van der Waals surface area contributed by atoms with Gasteiger partial charge in [-0.25, -0.2) is 4.98 Å². The van der Waals surface area contributed by atoms with Crippen molar-refractivity contribution in [3.8, 4) is 0 Å². The predicted octanol–water partition coefficient (Wildman–Crippen LogP) is 4.13. The highest BCUT2D eigenvalue weighted by molar-refractivity contribution is 8.00. The van der Waals surface area contributed by atoms with Gasteiger partial charge in [0.1, 0.15) is 11.3 Å². The van der Waals surface area contributed by atoms with Crippen molar-refractivity contribution in [1.29, 1.82) is 0 Å². The number of fused-ring (bicyclic) bond motifs is 1. The molecule has 0 saturated carbocycles. The molecular weight excluding hydrogens is 318 g/mol. The Balaban J connectivity index is 1.88. The molecule has 0 bridgehead atoms. The smallest absolute Gasteiger partial charge is 0.261 e. The van der Waals surface area contributed by atoms with Crippen LogP contribution in [0.15, 0.2) is 27.1 Å². The topological polar surface area (TPSA) is 68.0 Å². The Morgan fingerprint density at radius 2 is 2.27 bits per heavy atom. The summed E-state index contributed by atoms with van der Waals surface area (Å²) in [6.45, 7) is 3.69. The van der Waals surface area contributed by atoms with E-state index in [0.717, 1.165) is 20.2 Å². The van der Waals surface area contributed by atoms with E-state index in [2.05, 4.69) is 15.5 Å². The lowest BCUT2D eigenvalue weighted by atomic mass is 10.1. The molecule has 0 spiro atoms. The van der Waals surface area contributed by atoms with E-state index >= 15 is 0 Å². The number of aromatic nitrogens is 2. The fourth-order valence-corrected chi connectivity index (χ4v) is 3.74. The first kappa shape index (κ1) is 15.1. The summed E-state index contributed by atoms with van der Waals surface area (Å²) in [6, 6.07) is 5.72. The molecule has 1 amide bonds. The molecule has 0 atom stereocenters. The largest absolute Gasteiger partial charge is 0.361 e. The Hall–Kier alpha value is -1.86. The van der Waals surface area contributed by atoms with Gasteiger partial charge in [-0.2, -0.15) is 0 Å². The minimum absolute atomic E-state index is 0.190. The first-order valence-electron chi connectivity index (χ1n) is 6.83. The van der Waals surface area contributed by atoms with Crippen molar-refractivity contribution in [1.82, 2.24) is 10.1 Å². The number of benzene rings is 1. The molecule has 0 aliphatic heterocycles. The van der Waals surface area contributed by atoms with Gasteiger partial charge >= 0.3 is 0 Å². The summed E-state index contributed by atoms with van der Waals surface area (Å²) in [5, 5.41) is 6.83. The molecule has 1 aromatic carbocycles. The van der Waals surface area contributed by atoms with Gasteiger partial charge in [-0.3, -0.25) is 4.79 Å². The maximum atomic E-state index is 12.4. The molecule has 3 aromatic rings. The SMILES string of the molecule is CCc1noc(C)c1C(=O)Nc1ccc2nc(SC)sc2c1. The molecule has 2 aromatic heterocycles. The minimum Gasteiger partial charge on any atom is -0.361 e. The molecule has 7 heteroatoms. The number of nitrogens with one attached hydrogen (secondary N) is 1. The van der Waals surface area contributed by atoms with Crippen LogP contribution >= 0.6 is 23.1 Å². The van der Waals surface area contributed by atoms with Crippen LogP contribution in [0.1, 0.15) is 28.7 Å². The Kier molecular flexibility index (Phi) is 4.17. The van der Waals surface area contributed by atoms with Gasteiger partial charge in [0, 0.05) is 5.69 Å². The lowest BCUT2D eigenvalue weighted by molar-refractivity contribution is 0.102. The summed E-state index contributed by atoms with van der Waals surface area (Å²) in [5.41, 5.74) is 2.90. The van der Waals surface area contributed by atoms with Gasteiger partial charge in [0.25, 0.3) is 5.91 Å². The highest BCUT2D eigenvalue weighted by atomic mass is 32.2.